The van der Waals surface area contributed by atoms with E-state index in [2.05, 4.69) is 57.3 Å². The van der Waals surface area contributed by atoms with E-state index in [-0.39, 0.29) is 23.0 Å². The molecule has 0 heterocycles. The van der Waals surface area contributed by atoms with Gasteiger partial charge in [0.25, 0.3) is 0 Å². The third kappa shape index (κ3) is 8.97. The van der Waals surface area contributed by atoms with E-state index in [0.717, 1.165) is 11.4 Å². The molecule has 1 atom stereocenters. The van der Waals surface area contributed by atoms with E-state index < -0.39 is 0 Å². The van der Waals surface area contributed by atoms with Gasteiger partial charge in [-0.2, -0.15) is 0 Å². The van der Waals surface area contributed by atoms with Gasteiger partial charge >= 0.3 is 0 Å². The van der Waals surface area contributed by atoms with Crippen LogP contribution in [0.3, 0.4) is 0 Å². The molecule has 1 aromatic rings. The molecule has 0 aliphatic carbocycles. The summed E-state index contributed by atoms with van der Waals surface area (Å²) in [7, 11) is 0. The summed E-state index contributed by atoms with van der Waals surface area (Å²) in [6.07, 6.45) is 8.02. The SMILES string of the molecule is Br.CCCCCCCCNC(C)C(=S)c1ccc(C(C)C)cc1. The fourth-order valence-electron chi connectivity index (χ4n) is 2.60. The van der Waals surface area contributed by atoms with Crippen molar-refractivity contribution in [1.82, 2.24) is 5.32 Å². The van der Waals surface area contributed by atoms with Gasteiger partial charge in [0.2, 0.25) is 0 Å². The molecule has 23 heavy (non-hydrogen) atoms. The van der Waals surface area contributed by atoms with Gasteiger partial charge in [0.1, 0.15) is 0 Å². The van der Waals surface area contributed by atoms with E-state index in [1.165, 1.54) is 49.7 Å². The molecule has 3 heteroatoms. The first-order chi connectivity index (χ1) is 10.6. The number of hydrogen-bond acceptors (Lipinski definition) is 2. The zero-order valence-corrected chi connectivity index (χ0v) is 17.8. The molecule has 0 aliphatic rings. The van der Waals surface area contributed by atoms with Crippen molar-refractivity contribution in [2.24, 2.45) is 0 Å². The highest BCUT2D eigenvalue weighted by molar-refractivity contribution is 8.93. The van der Waals surface area contributed by atoms with Crippen LogP contribution < -0.4 is 5.32 Å². The number of benzene rings is 1. The Morgan fingerprint density at radius 2 is 1.52 bits per heavy atom. The molecule has 1 N–H and O–H groups in total. The van der Waals surface area contributed by atoms with E-state index in [9.17, 15) is 0 Å². The largest absolute Gasteiger partial charge is 0.309 e. The Morgan fingerprint density at radius 1 is 0.957 bits per heavy atom. The second kappa shape index (κ2) is 13.1. The molecule has 0 fully saturated rings. The van der Waals surface area contributed by atoms with Crippen LogP contribution in [0.1, 0.15) is 83.3 Å². The molecule has 0 spiro atoms. The fourth-order valence-corrected chi connectivity index (χ4v) is 2.82. The predicted octanol–water partition coefficient (Wildman–Crippen LogP) is 6.44. The van der Waals surface area contributed by atoms with Gasteiger partial charge < -0.3 is 5.32 Å². The summed E-state index contributed by atoms with van der Waals surface area (Å²) in [5.41, 5.74) is 2.56. The normalized spacial score (nSPS) is 12.0. The average Bonchev–Trinajstić information content (AvgIpc) is 2.53. The van der Waals surface area contributed by atoms with Crippen LogP contribution in [-0.2, 0) is 0 Å². The molecule has 1 rings (SSSR count). The number of unbranched alkanes of at least 4 members (excludes halogenated alkanes) is 5. The molecule has 0 bridgehead atoms. The maximum absolute atomic E-state index is 5.62. The summed E-state index contributed by atoms with van der Waals surface area (Å²) < 4.78 is 0. The molecule has 132 valence electrons. The number of hydrogen-bond donors (Lipinski definition) is 1. The van der Waals surface area contributed by atoms with Crippen molar-refractivity contribution in [2.75, 3.05) is 6.54 Å². The number of nitrogens with one attached hydrogen (secondary N) is 1. The maximum Gasteiger partial charge on any atom is 0.0400 e. The molecule has 0 aliphatic heterocycles. The predicted molar refractivity (Wildman–Crippen MR) is 113 cm³/mol. The molecule has 0 aromatic heterocycles. The summed E-state index contributed by atoms with van der Waals surface area (Å²) >= 11 is 5.62. The number of thiocarbonyl (C=S) groups is 1. The van der Waals surface area contributed by atoms with Gasteiger partial charge in [-0.25, -0.2) is 0 Å². The molecule has 1 nitrogen and oxygen atoms in total. The van der Waals surface area contributed by atoms with Gasteiger partial charge in [0.05, 0.1) is 0 Å². The van der Waals surface area contributed by atoms with Crippen LogP contribution in [0.15, 0.2) is 24.3 Å². The van der Waals surface area contributed by atoms with Gasteiger partial charge in [-0.3, -0.25) is 0 Å². The topological polar surface area (TPSA) is 12.0 Å². The number of halogens is 1. The summed E-state index contributed by atoms with van der Waals surface area (Å²) in [5.74, 6) is 0.575. The van der Waals surface area contributed by atoms with E-state index in [1.54, 1.807) is 0 Å². The van der Waals surface area contributed by atoms with Crippen molar-refractivity contribution < 1.29 is 0 Å². The van der Waals surface area contributed by atoms with Crippen molar-refractivity contribution in [3.8, 4) is 0 Å². The molecule has 0 saturated heterocycles. The summed E-state index contributed by atoms with van der Waals surface area (Å²) in [4.78, 5) is 1.03. The van der Waals surface area contributed by atoms with Gasteiger partial charge in [-0.05, 0) is 36.9 Å². The third-order valence-electron chi connectivity index (χ3n) is 4.24. The highest BCUT2D eigenvalue weighted by atomic mass is 79.9. The molecule has 1 unspecified atom stereocenters. The minimum absolute atomic E-state index is 0. The molecular weight excluding hydrogens is 366 g/mol. The first kappa shape index (κ1) is 22.8. The lowest BCUT2D eigenvalue weighted by molar-refractivity contribution is 0.564. The zero-order valence-electron chi connectivity index (χ0n) is 15.2. The molecule has 1 aromatic carbocycles. The van der Waals surface area contributed by atoms with Crippen LogP contribution in [0.4, 0.5) is 0 Å². The Balaban J connectivity index is 0.00000484. The van der Waals surface area contributed by atoms with Crippen molar-refractivity contribution in [3.05, 3.63) is 35.4 Å². The second-order valence-corrected chi connectivity index (χ2v) is 7.02. The Bertz CT molecular complexity index is 428. The monoisotopic (exact) mass is 399 g/mol. The number of rotatable bonds is 11. The Kier molecular flexibility index (Phi) is 12.9. The van der Waals surface area contributed by atoms with Gasteiger partial charge in [0.15, 0.2) is 0 Å². The van der Waals surface area contributed by atoms with Crippen LogP contribution in [0.5, 0.6) is 0 Å². The van der Waals surface area contributed by atoms with E-state index in [1.807, 2.05) is 0 Å². The lowest BCUT2D eigenvalue weighted by atomic mass is 9.99. The molecule has 0 amide bonds. The van der Waals surface area contributed by atoms with E-state index >= 15 is 0 Å². The Morgan fingerprint density at radius 3 is 2.09 bits per heavy atom. The van der Waals surface area contributed by atoms with Crippen molar-refractivity contribution in [3.63, 3.8) is 0 Å². The lowest BCUT2D eigenvalue weighted by Crippen LogP contribution is -2.34. The van der Waals surface area contributed by atoms with Gasteiger partial charge in [-0.15, -0.1) is 17.0 Å². The Labute approximate surface area is 159 Å². The zero-order chi connectivity index (χ0) is 16.4. The first-order valence-corrected chi connectivity index (χ1v) is 9.34. The molecular formula is C20H34BrNS. The third-order valence-corrected chi connectivity index (χ3v) is 4.83. The van der Waals surface area contributed by atoms with Crippen LogP contribution in [0, 0.1) is 0 Å². The minimum Gasteiger partial charge on any atom is -0.309 e. The van der Waals surface area contributed by atoms with Crippen molar-refractivity contribution in [1.29, 1.82) is 0 Å². The van der Waals surface area contributed by atoms with Crippen LogP contribution in [0.25, 0.3) is 0 Å². The summed E-state index contributed by atoms with van der Waals surface area (Å²) in [5, 5.41) is 3.57. The smallest absolute Gasteiger partial charge is 0.0400 e. The van der Waals surface area contributed by atoms with Crippen LogP contribution in [-0.4, -0.2) is 17.5 Å². The van der Waals surface area contributed by atoms with Crippen molar-refractivity contribution >= 4 is 34.1 Å². The molecule has 0 saturated carbocycles. The lowest BCUT2D eigenvalue weighted by Gasteiger charge is -2.16. The van der Waals surface area contributed by atoms with Gasteiger partial charge in [-0.1, -0.05) is 89.4 Å². The highest BCUT2D eigenvalue weighted by Gasteiger charge is 2.10. The highest BCUT2D eigenvalue weighted by Crippen LogP contribution is 2.16. The van der Waals surface area contributed by atoms with Crippen LogP contribution >= 0.6 is 29.2 Å². The minimum atomic E-state index is 0. The quantitative estimate of drug-likeness (QED) is 0.260. The van der Waals surface area contributed by atoms with Gasteiger partial charge in [0, 0.05) is 10.9 Å². The maximum atomic E-state index is 5.62. The molecule has 0 radical (unpaired) electrons. The second-order valence-electron chi connectivity index (χ2n) is 6.58. The standard InChI is InChI=1S/C20H33NS.BrH/c1-5-6-7-8-9-10-15-21-17(4)20(22)19-13-11-18(12-14-19)16(2)3;/h11-14,16-17,21H,5-10,15H2,1-4H3;1H. The Hall–Kier alpha value is -0.250. The van der Waals surface area contributed by atoms with E-state index in [0.29, 0.717) is 5.92 Å². The van der Waals surface area contributed by atoms with E-state index in [4.69, 9.17) is 12.2 Å². The van der Waals surface area contributed by atoms with Crippen LogP contribution in [0.2, 0.25) is 0 Å². The van der Waals surface area contributed by atoms with Crippen molar-refractivity contribution in [2.45, 2.75) is 78.2 Å². The fraction of sp³-hybridized carbons (Fsp3) is 0.650. The summed E-state index contributed by atoms with van der Waals surface area (Å²) in [6, 6.07) is 9.01. The average molecular weight is 400 g/mol. The summed E-state index contributed by atoms with van der Waals surface area (Å²) in [6.45, 7) is 9.95. The first-order valence-electron chi connectivity index (χ1n) is 8.93.